The summed E-state index contributed by atoms with van der Waals surface area (Å²) >= 11 is 12.6. The normalized spacial score (nSPS) is 11.2. The van der Waals surface area contributed by atoms with Gasteiger partial charge in [0.05, 0.1) is 15.6 Å². The number of benzene rings is 3. The fourth-order valence-electron chi connectivity index (χ4n) is 3.76. The van der Waals surface area contributed by atoms with Gasteiger partial charge < -0.3 is 11.1 Å². The minimum Gasteiger partial charge on any atom is -0.366 e. The highest BCUT2D eigenvalue weighted by Crippen LogP contribution is 2.36. The van der Waals surface area contributed by atoms with Crippen molar-refractivity contribution in [2.75, 3.05) is 11.6 Å². The number of carbonyl (C=O) groups is 1. The zero-order valence-electron chi connectivity index (χ0n) is 19.1. The Kier molecular flexibility index (Phi) is 7.17. The molecule has 0 bridgehead atoms. The van der Waals surface area contributed by atoms with Crippen LogP contribution in [0, 0.1) is 0 Å². The number of hydrogen-bond acceptors (Lipinski definition) is 5. The molecule has 4 aromatic rings. The monoisotopic (exact) mass is 537 g/mol. The molecule has 3 aromatic carbocycles. The molecule has 0 atom stereocenters. The number of aromatic nitrogens is 1. The average molecular weight is 538 g/mol. The molecule has 4 rings (SSSR count). The lowest BCUT2D eigenvalue weighted by Gasteiger charge is -2.18. The van der Waals surface area contributed by atoms with Crippen LogP contribution in [-0.2, 0) is 9.84 Å². The van der Waals surface area contributed by atoms with Crippen molar-refractivity contribution in [1.82, 2.24) is 4.98 Å². The maximum absolute atomic E-state index is 12.3. The lowest BCUT2D eigenvalue weighted by atomic mass is 9.93. The van der Waals surface area contributed by atoms with Crippen LogP contribution in [-0.4, -0.2) is 25.6 Å². The Morgan fingerprint density at radius 1 is 0.917 bits per heavy atom. The number of nitrogens with one attached hydrogen (secondary N) is 1. The second kappa shape index (κ2) is 10.1. The second-order valence-electron chi connectivity index (χ2n) is 8.05. The number of amides is 1. The first kappa shape index (κ1) is 25.4. The smallest absolute Gasteiger partial charge is 0.249 e. The van der Waals surface area contributed by atoms with Crippen molar-refractivity contribution in [2.45, 2.75) is 4.90 Å². The number of rotatable bonds is 7. The van der Waals surface area contributed by atoms with Gasteiger partial charge in [0.1, 0.15) is 0 Å². The Morgan fingerprint density at radius 3 is 2.31 bits per heavy atom. The molecule has 3 N–H and O–H groups in total. The van der Waals surface area contributed by atoms with Crippen LogP contribution in [0.15, 0.2) is 90.5 Å². The third-order valence-electron chi connectivity index (χ3n) is 5.48. The molecule has 1 amide bonds. The SMILES string of the molecule is C=C(Nc1ccc(Cl)c(-c2ccccn2)c1)c1ccc(S(C)(=O)=O)cc1-c1cc(Cl)ccc1C(N)=O. The summed E-state index contributed by atoms with van der Waals surface area (Å²) in [5.74, 6) is -0.673. The number of nitrogens with zero attached hydrogens (tertiary/aromatic N) is 1. The van der Waals surface area contributed by atoms with Crippen LogP contribution in [0.1, 0.15) is 15.9 Å². The summed E-state index contributed by atoms with van der Waals surface area (Å²) in [4.78, 5) is 16.6. The summed E-state index contributed by atoms with van der Waals surface area (Å²) in [6, 6.07) is 20.1. The van der Waals surface area contributed by atoms with Gasteiger partial charge in [-0.05, 0) is 71.8 Å². The van der Waals surface area contributed by atoms with E-state index in [4.69, 9.17) is 28.9 Å². The fourth-order valence-corrected chi connectivity index (χ4v) is 4.79. The first-order valence-electron chi connectivity index (χ1n) is 10.7. The topological polar surface area (TPSA) is 102 Å². The molecule has 0 aliphatic carbocycles. The third kappa shape index (κ3) is 5.44. The van der Waals surface area contributed by atoms with E-state index in [1.807, 2.05) is 24.3 Å². The fraction of sp³-hybridized carbons (Fsp3) is 0.0370. The minimum absolute atomic E-state index is 0.0772. The Bertz CT molecular complexity index is 1600. The van der Waals surface area contributed by atoms with Gasteiger partial charge in [-0.1, -0.05) is 41.9 Å². The van der Waals surface area contributed by atoms with Gasteiger partial charge in [0, 0.05) is 45.6 Å². The number of carbonyl (C=O) groups excluding carboxylic acids is 1. The molecule has 0 unspecified atom stereocenters. The van der Waals surface area contributed by atoms with Crippen molar-refractivity contribution in [3.8, 4) is 22.4 Å². The third-order valence-corrected chi connectivity index (χ3v) is 7.16. The number of hydrogen-bond donors (Lipinski definition) is 2. The highest BCUT2D eigenvalue weighted by atomic mass is 35.5. The highest BCUT2D eigenvalue weighted by molar-refractivity contribution is 7.90. The summed E-state index contributed by atoms with van der Waals surface area (Å²) in [6.45, 7) is 4.16. The minimum atomic E-state index is -3.54. The first-order valence-corrected chi connectivity index (χ1v) is 13.3. The van der Waals surface area contributed by atoms with Crippen molar-refractivity contribution >= 4 is 50.3 Å². The number of nitrogens with two attached hydrogens (primary N) is 1. The van der Waals surface area contributed by atoms with E-state index in [-0.39, 0.29) is 10.5 Å². The molecule has 0 saturated heterocycles. The molecule has 182 valence electrons. The van der Waals surface area contributed by atoms with Gasteiger partial charge >= 0.3 is 0 Å². The summed E-state index contributed by atoms with van der Waals surface area (Å²) in [7, 11) is -3.54. The molecule has 0 saturated carbocycles. The van der Waals surface area contributed by atoms with Gasteiger partial charge in [-0.2, -0.15) is 0 Å². The molecule has 0 fully saturated rings. The second-order valence-corrected chi connectivity index (χ2v) is 10.9. The van der Waals surface area contributed by atoms with Crippen molar-refractivity contribution in [3.05, 3.63) is 107 Å². The first-order chi connectivity index (χ1) is 17.0. The number of halogens is 2. The molecular weight excluding hydrogens is 517 g/mol. The lowest BCUT2D eigenvalue weighted by molar-refractivity contribution is 0.100. The molecule has 9 heteroatoms. The van der Waals surface area contributed by atoms with Crippen LogP contribution in [0.5, 0.6) is 0 Å². The number of primary amides is 1. The Balaban J connectivity index is 1.82. The van der Waals surface area contributed by atoms with Crippen LogP contribution < -0.4 is 11.1 Å². The van der Waals surface area contributed by atoms with Gasteiger partial charge in [0.25, 0.3) is 0 Å². The number of anilines is 1. The van der Waals surface area contributed by atoms with Gasteiger partial charge in [0.15, 0.2) is 9.84 Å². The number of pyridine rings is 1. The van der Waals surface area contributed by atoms with E-state index in [0.717, 1.165) is 11.8 Å². The largest absolute Gasteiger partial charge is 0.366 e. The summed E-state index contributed by atoms with van der Waals surface area (Å²) in [6.07, 6.45) is 2.79. The van der Waals surface area contributed by atoms with Gasteiger partial charge in [-0.3, -0.25) is 9.78 Å². The van der Waals surface area contributed by atoms with E-state index in [9.17, 15) is 13.2 Å². The Labute approximate surface area is 219 Å². The van der Waals surface area contributed by atoms with Crippen molar-refractivity contribution in [2.24, 2.45) is 5.73 Å². The van der Waals surface area contributed by atoms with E-state index in [2.05, 4.69) is 16.9 Å². The summed E-state index contributed by atoms with van der Waals surface area (Å²) in [5.41, 5.74) is 9.76. The Hall–Kier alpha value is -3.65. The number of sulfone groups is 1. The van der Waals surface area contributed by atoms with Crippen molar-refractivity contribution in [1.29, 1.82) is 0 Å². The zero-order valence-corrected chi connectivity index (χ0v) is 21.5. The molecule has 0 aliphatic rings. The van der Waals surface area contributed by atoms with E-state index in [1.54, 1.807) is 36.5 Å². The standard InChI is InChI=1S/C27H21Cl2N3O3S/c1-16(32-18-7-11-25(29)24(14-18)26-5-3-4-12-31-26)20-10-8-19(36(2,34)35)15-23(20)22-13-17(28)6-9-21(22)27(30)33/h3-15,32H,1H2,2H3,(H2,30,33). The van der Waals surface area contributed by atoms with Crippen molar-refractivity contribution in [3.63, 3.8) is 0 Å². The predicted molar refractivity (Wildman–Crippen MR) is 146 cm³/mol. The van der Waals surface area contributed by atoms with E-state index < -0.39 is 15.7 Å². The molecule has 36 heavy (non-hydrogen) atoms. The zero-order chi connectivity index (χ0) is 26.0. The average Bonchev–Trinajstić information content (AvgIpc) is 2.84. The molecular formula is C27H21Cl2N3O3S. The quantitative estimate of drug-likeness (QED) is 0.287. The Morgan fingerprint density at radius 2 is 1.64 bits per heavy atom. The van der Waals surface area contributed by atoms with Gasteiger partial charge in [-0.25, -0.2) is 8.42 Å². The van der Waals surface area contributed by atoms with Gasteiger partial charge in [0.2, 0.25) is 5.91 Å². The lowest BCUT2D eigenvalue weighted by Crippen LogP contribution is -2.13. The molecule has 1 heterocycles. The molecule has 6 nitrogen and oxygen atoms in total. The molecule has 0 aliphatic heterocycles. The summed E-state index contributed by atoms with van der Waals surface area (Å²) in [5, 5.41) is 4.15. The molecule has 1 aromatic heterocycles. The molecule has 0 spiro atoms. The van der Waals surface area contributed by atoms with Crippen LogP contribution in [0.4, 0.5) is 5.69 Å². The van der Waals surface area contributed by atoms with Crippen LogP contribution in [0.2, 0.25) is 10.0 Å². The van der Waals surface area contributed by atoms with Crippen LogP contribution >= 0.6 is 23.2 Å². The molecule has 0 radical (unpaired) electrons. The van der Waals surface area contributed by atoms with E-state index in [0.29, 0.717) is 43.8 Å². The van der Waals surface area contributed by atoms with E-state index >= 15 is 0 Å². The predicted octanol–water partition coefficient (Wildman–Crippen LogP) is 6.31. The highest BCUT2D eigenvalue weighted by Gasteiger charge is 2.19. The maximum atomic E-state index is 12.3. The maximum Gasteiger partial charge on any atom is 0.249 e. The summed E-state index contributed by atoms with van der Waals surface area (Å²) < 4.78 is 24.6. The van der Waals surface area contributed by atoms with Crippen LogP contribution in [0.3, 0.4) is 0 Å². The van der Waals surface area contributed by atoms with E-state index in [1.165, 1.54) is 18.2 Å². The van der Waals surface area contributed by atoms with Crippen molar-refractivity contribution < 1.29 is 13.2 Å². The van der Waals surface area contributed by atoms with Gasteiger partial charge in [-0.15, -0.1) is 0 Å². The van der Waals surface area contributed by atoms with Crippen LogP contribution in [0.25, 0.3) is 28.1 Å².